The molecule has 2 N–H and O–H groups in total. The molecular formula is C11H14BrNO. The van der Waals surface area contributed by atoms with Crippen LogP contribution in [0.5, 0.6) is 5.75 Å². The van der Waals surface area contributed by atoms with E-state index < -0.39 is 0 Å². The van der Waals surface area contributed by atoms with Crippen LogP contribution >= 0.6 is 15.9 Å². The van der Waals surface area contributed by atoms with Gasteiger partial charge in [0.2, 0.25) is 0 Å². The molecule has 0 heterocycles. The first kappa shape index (κ1) is 9.99. The minimum absolute atomic E-state index is 0.614. The molecule has 76 valence electrons. The number of hydrogen-bond acceptors (Lipinski definition) is 2. The zero-order chi connectivity index (χ0) is 10.1. The van der Waals surface area contributed by atoms with E-state index >= 15 is 0 Å². The van der Waals surface area contributed by atoms with E-state index in [9.17, 15) is 0 Å². The molecule has 1 fully saturated rings. The maximum atomic E-state index is 5.63. The Kier molecular flexibility index (Phi) is 2.79. The van der Waals surface area contributed by atoms with Crippen LogP contribution in [0.3, 0.4) is 0 Å². The second-order valence-electron chi connectivity index (χ2n) is 3.72. The smallest absolute Gasteiger partial charge is 0.123 e. The molecular weight excluding hydrogens is 242 g/mol. The van der Waals surface area contributed by atoms with Gasteiger partial charge in [-0.3, -0.25) is 0 Å². The van der Waals surface area contributed by atoms with Crippen molar-refractivity contribution in [2.24, 2.45) is 11.7 Å². The number of nitrogens with two attached hydrogens (primary N) is 1. The zero-order valence-corrected chi connectivity index (χ0v) is 9.75. The Hall–Kier alpha value is -0.540. The summed E-state index contributed by atoms with van der Waals surface area (Å²) in [6.45, 7) is 0.782. The Labute approximate surface area is 92.6 Å². The van der Waals surface area contributed by atoms with E-state index in [1.165, 1.54) is 12.0 Å². The highest BCUT2D eigenvalue weighted by atomic mass is 79.9. The molecule has 0 aliphatic heterocycles. The fourth-order valence-corrected chi connectivity index (χ4v) is 2.22. The molecule has 0 bridgehead atoms. The number of benzene rings is 1. The first-order chi connectivity index (χ1) is 6.76. The van der Waals surface area contributed by atoms with Crippen LogP contribution in [0.1, 0.15) is 17.9 Å². The molecule has 0 amide bonds. The predicted octanol–water partition coefficient (Wildman–Crippen LogP) is 2.52. The summed E-state index contributed by atoms with van der Waals surface area (Å²) in [5, 5.41) is 0. The van der Waals surface area contributed by atoms with E-state index in [1.807, 2.05) is 6.07 Å². The molecule has 2 rings (SSSR count). The summed E-state index contributed by atoms with van der Waals surface area (Å²) in [5.41, 5.74) is 6.93. The number of hydrogen-bond donors (Lipinski definition) is 1. The first-order valence-electron chi connectivity index (χ1n) is 4.79. The number of rotatable bonds is 3. The Bertz CT molecular complexity index is 340. The third kappa shape index (κ3) is 1.79. The molecule has 1 aromatic rings. The van der Waals surface area contributed by atoms with Gasteiger partial charge in [-0.2, -0.15) is 0 Å². The lowest BCUT2D eigenvalue weighted by molar-refractivity contribution is 0.409. The molecule has 0 unspecified atom stereocenters. The average Bonchev–Trinajstić information content (AvgIpc) is 2.96. The third-order valence-electron chi connectivity index (χ3n) is 2.82. The highest BCUT2D eigenvalue weighted by Crippen LogP contribution is 2.49. The Morgan fingerprint density at radius 1 is 1.57 bits per heavy atom. The van der Waals surface area contributed by atoms with Crippen molar-refractivity contribution in [3.05, 3.63) is 28.2 Å². The first-order valence-corrected chi connectivity index (χ1v) is 5.59. The van der Waals surface area contributed by atoms with Gasteiger partial charge < -0.3 is 10.5 Å². The standard InChI is InChI=1S/C11H14BrNO/c1-14-11-5-8(12)2-3-9(11)10-4-7(10)6-13/h2-3,5,7,10H,4,6,13H2,1H3/t7-,10+/m0/s1. The van der Waals surface area contributed by atoms with Crippen LogP contribution in [-0.2, 0) is 0 Å². The Morgan fingerprint density at radius 3 is 2.93 bits per heavy atom. The van der Waals surface area contributed by atoms with Crippen LogP contribution in [0.25, 0.3) is 0 Å². The van der Waals surface area contributed by atoms with Crippen LogP contribution in [0, 0.1) is 5.92 Å². The summed E-state index contributed by atoms with van der Waals surface area (Å²) < 4.78 is 6.41. The Morgan fingerprint density at radius 2 is 2.36 bits per heavy atom. The van der Waals surface area contributed by atoms with E-state index in [0.717, 1.165) is 16.8 Å². The van der Waals surface area contributed by atoms with Gasteiger partial charge in [0.25, 0.3) is 0 Å². The molecule has 3 heteroatoms. The second-order valence-corrected chi connectivity index (χ2v) is 4.64. The van der Waals surface area contributed by atoms with Crippen molar-refractivity contribution in [1.29, 1.82) is 0 Å². The van der Waals surface area contributed by atoms with Crippen LogP contribution in [0.4, 0.5) is 0 Å². The van der Waals surface area contributed by atoms with Gasteiger partial charge in [-0.15, -0.1) is 0 Å². The van der Waals surface area contributed by atoms with Gasteiger partial charge in [0.1, 0.15) is 5.75 Å². The third-order valence-corrected chi connectivity index (χ3v) is 3.31. The van der Waals surface area contributed by atoms with Gasteiger partial charge in [0.15, 0.2) is 0 Å². The maximum absolute atomic E-state index is 5.63. The van der Waals surface area contributed by atoms with Crippen molar-refractivity contribution >= 4 is 15.9 Å². The lowest BCUT2D eigenvalue weighted by atomic mass is 10.1. The largest absolute Gasteiger partial charge is 0.496 e. The molecule has 1 saturated carbocycles. The zero-order valence-electron chi connectivity index (χ0n) is 8.16. The molecule has 2 nitrogen and oxygen atoms in total. The average molecular weight is 256 g/mol. The Balaban J connectivity index is 2.25. The summed E-state index contributed by atoms with van der Waals surface area (Å²) in [6.07, 6.45) is 1.20. The van der Waals surface area contributed by atoms with Crippen molar-refractivity contribution in [1.82, 2.24) is 0 Å². The van der Waals surface area contributed by atoms with Crippen LogP contribution in [-0.4, -0.2) is 13.7 Å². The molecule has 0 saturated heterocycles. The summed E-state index contributed by atoms with van der Waals surface area (Å²) >= 11 is 3.43. The van der Waals surface area contributed by atoms with Gasteiger partial charge in [0.05, 0.1) is 7.11 Å². The number of methoxy groups -OCH3 is 1. The molecule has 1 aliphatic rings. The summed E-state index contributed by atoms with van der Waals surface area (Å²) in [5.74, 6) is 2.24. The molecule has 0 radical (unpaired) electrons. The monoisotopic (exact) mass is 255 g/mol. The fraction of sp³-hybridized carbons (Fsp3) is 0.455. The molecule has 0 spiro atoms. The molecule has 0 aromatic heterocycles. The minimum Gasteiger partial charge on any atom is -0.496 e. The predicted molar refractivity (Wildman–Crippen MR) is 60.6 cm³/mol. The van der Waals surface area contributed by atoms with Crippen molar-refractivity contribution < 1.29 is 4.74 Å². The summed E-state index contributed by atoms with van der Waals surface area (Å²) in [7, 11) is 1.71. The van der Waals surface area contributed by atoms with Crippen molar-refractivity contribution in [2.75, 3.05) is 13.7 Å². The molecule has 14 heavy (non-hydrogen) atoms. The molecule has 2 atom stereocenters. The fourth-order valence-electron chi connectivity index (χ4n) is 1.88. The minimum atomic E-state index is 0.614. The van der Waals surface area contributed by atoms with Crippen LogP contribution in [0.15, 0.2) is 22.7 Å². The topological polar surface area (TPSA) is 35.2 Å². The van der Waals surface area contributed by atoms with Gasteiger partial charge in [-0.25, -0.2) is 0 Å². The number of halogens is 1. The van der Waals surface area contributed by atoms with Gasteiger partial charge in [-0.05, 0) is 42.5 Å². The highest BCUT2D eigenvalue weighted by Gasteiger charge is 2.38. The van der Waals surface area contributed by atoms with E-state index in [1.54, 1.807) is 7.11 Å². The van der Waals surface area contributed by atoms with Gasteiger partial charge in [-0.1, -0.05) is 22.0 Å². The van der Waals surface area contributed by atoms with E-state index in [0.29, 0.717) is 11.8 Å². The number of ether oxygens (including phenoxy) is 1. The second kappa shape index (κ2) is 3.91. The molecule has 1 aromatic carbocycles. The van der Waals surface area contributed by atoms with Crippen molar-refractivity contribution in [3.8, 4) is 5.75 Å². The molecule has 1 aliphatic carbocycles. The van der Waals surface area contributed by atoms with Gasteiger partial charge >= 0.3 is 0 Å². The summed E-state index contributed by atoms with van der Waals surface area (Å²) in [6, 6.07) is 6.20. The maximum Gasteiger partial charge on any atom is 0.123 e. The summed E-state index contributed by atoms with van der Waals surface area (Å²) in [4.78, 5) is 0. The van der Waals surface area contributed by atoms with E-state index in [-0.39, 0.29) is 0 Å². The quantitative estimate of drug-likeness (QED) is 0.901. The van der Waals surface area contributed by atoms with Crippen molar-refractivity contribution in [2.45, 2.75) is 12.3 Å². The highest BCUT2D eigenvalue weighted by molar-refractivity contribution is 9.10. The van der Waals surface area contributed by atoms with Crippen LogP contribution < -0.4 is 10.5 Å². The lowest BCUT2D eigenvalue weighted by Gasteiger charge is -2.08. The normalized spacial score (nSPS) is 24.8. The van der Waals surface area contributed by atoms with Gasteiger partial charge in [0, 0.05) is 4.47 Å². The van der Waals surface area contributed by atoms with E-state index in [2.05, 4.69) is 28.1 Å². The van der Waals surface area contributed by atoms with Crippen molar-refractivity contribution in [3.63, 3.8) is 0 Å². The lowest BCUT2D eigenvalue weighted by Crippen LogP contribution is -2.02. The van der Waals surface area contributed by atoms with E-state index in [4.69, 9.17) is 10.5 Å². The van der Waals surface area contributed by atoms with Crippen LogP contribution in [0.2, 0.25) is 0 Å². The SMILES string of the molecule is COc1cc(Br)ccc1[C@@H]1C[C@H]1CN.